The van der Waals surface area contributed by atoms with E-state index in [-0.39, 0.29) is 12.5 Å². The molecule has 3 nitrogen and oxygen atoms in total. The SMILES string of the molecule is CC(C)=CC(=O)NCC=O. The van der Waals surface area contributed by atoms with Crippen LogP contribution >= 0.6 is 0 Å². The summed E-state index contributed by atoms with van der Waals surface area (Å²) in [6.07, 6.45) is 2.10. The minimum absolute atomic E-state index is 0.0859. The summed E-state index contributed by atoms with van der Waals surface area (Å²) in [6.45, 7) is 3.73. The zero-order valence-corrected chi connectivity index (χ0v) is 6.18. The molecule has 0 rings (SSSR count). The minimum Gasteiger partial charge on any atom is -0.346 e. The van der Waals surface area contributed by atoms with Crippen LogP contribution < -0.4 is 5.32 Å². The number of aldehydes is 1. The summed E-state index contributed by atoms with van der Waals surface area (Å²) in [5.41, 5.74) is 0.920. The lowest BCUT2D eigenvalue weighted by Crippen LogP contribution is -2.22. The molecule has 1 amide bonds. The predicted molar refractivity (Wildman–Crippen MR) is 38.5 cm³/mol. The molecule has 0 aliphatic rings. The lowest BCUT2D eigenvalue weighted by molar-refractivity contribution is -0.118. The van der Waals surface area contributed by atoms with Crippen molar-refractivity contribution >= 4 is 12.2 Å². The summed E-state index contributed by atoms with van der Waals surface area (Å²) < 4.78 is 0. The summed E-state index contributed by atoms with van der Waals surface area (Å²) in [5, 5.41) is 2.38. The fourth-order valence-corrected chi connectivity index (χ4v) is 0.455. The molecule has 56 valence electrons. The van der Waals surface area contributed by atoms with Crippen molar-refractivity contribution in [2.24, 2.45) is 0 Å². The lowest BCUT2D eigenvalue weighted by atomic mass is 10.3. The molecule has 0 aliphatic heterocycles. The van der Waals surface area contributed by atoms with Gasteiger partial charge in [0.2, 0.25) is 5.91 Å². The van der Waals surface area contributed by atoms with Crippen molar-refractivity contribution in [3.8, 4) is 0 Å². The van der Waals surface area contributed by atoms with E-state index in [9.17, 15) is 9.59 Å². The molecule has 0 aromatic rings. The zero-order valence-electron chi connectivity index (χ0n) is 6.18. The van der Waals surface area contributed by atoms with Gasteiger partial charge >= 0.3 is 0 Å². The maximum absolute atomic E-state index is 10.7. The highest BCUT2D eigenvalue weighted by Gasteiger charge is 1.91. The van der Waals surface area contributed by atoms with Gasteiger partial charge in [0, 0.05) is 6.08 Å². The molecule has 1 N–H and O–H groups in total. The molecule has 0 radical (unpaired) electrons. The molecular weight excluding hydrogens is 130 g/mol. The van der Waals surface area contributed by atoms with Gasteiger partial charge in [-0.1, -0.05) is 5.57 Å². The van der Waals surface area contributed by atoms with Gasteiger partial charge in [-0.15, -0.1) is 0 Å². The Balaban J connectivity index is 3.64. The Hall–Kier alpha value is -1.12. The average molecular weight is 141 g/mol. The van der Waals surface area contributed by atoms with Gasteiger partial charge < -0.3 is 10.1 Å². The molecule has 0 aromatic heterocycles. The normalized spacial score (nSPS) is 8.20. The number of hydrogen-bond acceptors (Lipinski definition) is 2. The van der Waals surface area contributed by atoms with Gasteiger partial charge in [-0.05, 0) is 13.8 Å². The molecule has 0 heterocycles. The number of carbonyl (C=O) groups excluding carboxylic acids is 2. The van der Waals surface area contributed by atoms with Gasteiger partial charge in [0.1, 0.15) is 6.29 Å². The van der Waals surface area contributed by atoms with Crippen LogP contribution in [-0.4, -0.2) is 18.7 Å². The minimum atomic E-state index is -0.216. The van der Waals surface area contributed by atoms with Crippen LogP contribution in [0, 0.1) is 0 Å². The summed E-state index contributed by atoms with van der Waals surface area (Å²) in [7, 11) is 0. The molecule has 0 bridgehead atoms. The van der Waals surface area contributed by atoms with E-state index in [1.807, 2.05) is 13.8 Å². The first-order valence-corrected chi connectivity index (χ1v) is 3.03. The Morgan fingerprint density at radius 2 is 2.10 bits per heavy atom. The second-order valence-electron chi connectivity index (χ2n) is 2.13. The molecule has 0 unspecified atom stereocenters. The van der Waals surface area contributed by atoms with Crippen LogP contribution in [0.4, 0.5) is 0 Å². The van der Waals surface area contributed by atoms with Gasteiger partial charge in [-0.3, -0.25) is 4.79 Å². The van der Waals surface area contributed by atoms with Crippen molar-refractivity contribution in [2.45, 2.75) is 13.8 Å². The van der Waals surface area contributed by atoms with Gasteiger partial charge in [0.25, 0.3) is 0 Å². The number of amides is 1. The highest BCUT2D eigenvalue weighted by Crippen LogP contribution is 1.85. The van der Waals surface area contributed by atoms with E-state index in [1.54, 1.807) is 0 Å². The van der Waals surface area contributed by atoms with Crippen molar-refractivity contribution < 1.29 is 9.59 Å². The van der Waals surface area contributed by atoms with Gasteiger partial charge in [0.05, 0.1) is 6.54 Å². The fraction of sp³-hybridized carbons (Fsp3) is 0.429. The monoisotopic (exact) mass is 141 g/mol. The number of nitrogens with one attached hydrogen (secondary N) is 1. The van der Waals surface area contributed by atoms with Crippen molar-refractivity contribution in [3.63, 3.8) is 0 Å². The Labute approximate surface area is 60.1 Å². The smallest absolute Gasteiger partial charge is 0.244 e. The molecular formula is C7H11NO2. The lowest BCUT2D eigenvalue weighted by Gasteiger charge is -1.93. The summed E-state index contributed by atoms with van der Waals surface area (Å²) in [4.78, 5) is 20.4. The first-order chi connectivity index (χ1) is 4.66. The fourth-order valence-electron chi connectivity index (χ4n) is 0.455. The van der Waals surface area contributed by atoms with E-state index in [0.717, 1.165) is 5.57 Å². The van der Waals surface area contributed by atoms with Crippen LogP contribution in [0.25, 0.3) is 0 Å². The molecule has 0 atom stereocenters. The van der Waals surface area contributed by atoms with E-state index in [0.29, 0.717) is 6.29 Å². The van der Waals surface area contributed by atoms with Crippen molar-refractivity contribution in [1.29, 1.82) is 0 Å². The first-order valence-electron chi connectivity index (χ1n) is 3.03. The maximum Gasteiger partial charge on any atom is 0.244 e. The van der Waals surface area contributed by atoms with Gasteiger partial charge in [-0.2, -0.15) is 0 Å². The van der Waals surface area contributed by atoms with Crippen molar-refractivity contribution in [1.82, 2.24) is 5.32 Å². The summed E-state index contributed by atoms with van der Waals surface area (Å²) >= 11 is 0. The van der Waals surface area contributed by atoms with Gasteiger partial charge in [-0.25, -0.2) is 0 Å². The summed E-state index contributed by atoms with van der Waals surface area (Å²) in [6, 6.07) is 0. The second kappa shape index (κ2) is 4.73. The Kier molecular flexibility index (Phi) is 4.20. The van der Waals surface area contributed by atoms with E-state index in [2.05, 4.69) is 5.32 Å². The zero-order chi connectivity index (χ0) is 7.98. The first kappa shape index (κ1) is 8.88. The van der Waals surface area contributed by atoms with Crippen molar-refractivity contribution in [3.05, 3.63) is 11.6 Å². The van der Waals surface area contributed by atoms with Crippen LogP contribution in [-0.2, 0) is 9.59 Å². The Bertz CT molecular complexity index is 157. The third kappa shape index (κ3) is 5.03. The molecule has 0 fully saturated rings. The maximum atomic E-state index is 10.7. The third-order valence-corrected chi connectivity index (χ3v) is 0.779. The second-order valence-corrected chi connectivity index (χ2v) is 2.13. The Morgan fingerprint density at radius 3 is 2.50 bits per heavy atom. The molecule has 0 spiro atoms. The van der Waals surface area contributed by atoms with Crippen LogP contribution in [0.3, 0.4) is 0 Å². The largest absolute Gasteiger partial charge is 0.346 e. The van der Waals surface area contributed by atoms with E-state index in [4.69, 9.17) is 0 Å². The molecule has 10 heavy (non-hydrogen) atoms. The van der Waals surface area contributed by atoms with E-state index < -0.39 is 0 Å². The Morgan fingerprint density at radius 1 is 1.50 bits per heavy atom. The molecule has 0 saturated carbocycles. The number of allylic oxidation sites excluding steroid dienone is 1. The highest BCUT2D eigenvalue weighted by atomic mass is 16.2. The number of hydrogen-bond donors (Lipinski definition) is 1. The van der Waals surface area contributed by atoms with Crippen LogP contribution in [0.1, 0.15) is 13.8 Å². The van der Waals surface area contributed by atoms with Crippen LogP contribution in [0.2, 0.25) is 0 Å². The molecule has 3 heteroatoms. The van der Waals surface area contributed by atoms with Crippen LogP contribution in [0.15, 0.2) is 11.6 Å². The molecule has 0 saturated heterocycles. The van der Waals surface area contributed by atoms with E-state index >= 15 is 0 Å². The van der Waals surface area contributed by atoms with Crippen molar-refractivity contribution in [2.75, 3.05) is 6.54 Å². The number of carbonyl (C=O) groups is 2. The summed E-state index contributed by atoms with van der Waals surface area (Å²) in [5.74, 6) is -0.216. The average Bonchev–Trinajstić information content (AvgIpc) is 1.82. The predicted octanol–water partition coefficient (Wildman–Crippen LogP) is 0.268. The topological polar surface area (TPSA) is 46.2 Å². The van der Waals surface area contributed by atoms with Gasteiger partial charge in [0.15, 0.2) is 0 Å². The van der Waals surface area contributed by atoms with Crippen LogP contribution in [0.5, 0.6) is 0 Å². The standard InChI is InChI=1S/C7H11NO2/c1-6(2)5-7(10)8-3-4-9/h4-5H,3H2,1-2H3,(H,8,10). The molecule has 0 aromatic carbocycles. The number of rotatable bonds is 3. The van der Waals surface area contributed by atoms with E-state index in [1.165, 1.54) is 6.08 Å². The third-order valence-electron chi connectivity index (χ3n) is 0.779. The molecule has 0 aliphatic carbocycles. The quantitative estimate of drug-likeness (QED) is 0.453. The highest BCUT2D eigenvalue weighted by molar-refractivity contribution is 5.89.